The molecule has 2 N–H and O–H groups in total. The van der Waals surface area contributed by atoms with Gasteiger partial charge in [0.1, 0.15) is 0 Å². The average molecular weight is 354 g/mol. The molecule has 1 aliphatic rings. The SMILES string of the molecule is Cc1ccc(NC(=S)NC(C)c2ccc(N3CCCC3)cc2)cc1C. The summed E-state index contributed by atoms with van der Waals surface area (Å²) in [6, 6.07) is 15.3. The molecule has 0 aromatic heterocycles. The summed E-state index contributed by atoms with van der Waals surface area (Å²) in [5.41, 5.74) is 6.14. The van der Waals surface area contributed by atoms with Crippen LogP contribution < -0.4 is 15.5 Å². The Hall–Kier alpha value is -2.07. The van der Waals surface area contributed by atoms with Gasteiger partial charge in [-0.15, -0.1) is 0 Å². The monoisotopic (exact) mass is 353 g/mol. The number of rotatable bonds is 4. The molecule has 1 heterocycles. The second-order valence-electron chi connectivity index (χ2n) is 6.90. The number of nitrogens with zero attached hydrogens (tertiary/aromatic N) is 1. The molecule has 1 saturated heterocycles. The summed E-state index contributed by atoms with van der Waals surface area (Å²) in [5.74, 6) is 0. The fourth-order valence-corrected chi connectivity index (χ4v) is 3.51. The second kappa shape index (κ2) is 7.87. The molecule has 3 rings (SSSR count). The molecule has 132 valence electrons. The van der Waals surface area contributed by atoms with E-state index in [1.54, 1.807) is 0 Å². The Balaban J connectivity index is 1.58. The van der Waals surface area contributed by atoms with Gasteiger partial charge in [-0.05, 0) is 86.8 Å². The van der Waals surface area contributed by atoms with Crippen molar-refractivity contribution >= 4 is 28.7 Å². The van der Waals surface area contributed by atoms with Crippen molar-refractivity contribution in [1.82, 2.24) is 5.32 Å². The van der Waals surface area contributed by atoms with E-state index >= 15 is 0 Å². The van der Waals surface area contributed by atoms with Gasteiger partial charge in [-0.1, -0.05) is 18.2 Å². The topological polar surface area (TPSA) is 27.3 Å². The summed E-state index contributed by atoms with van der Waals surface area (Å²) in [6.07, 6.45) is 2.61. The number of thiocarbonyl (C=S) groups is 1. The normalized spacial score (nSPS) is 15.1. The Morgan fingerprint density at radius 3 is 2.32 bits per heavy atom. The van der Waals surface area contributed by atoms with Gasteiger partial charge in [0.25, 0.3) is 0 Å². The van der Waals surface area contributed by atoms with Crippen LogP contribution in [0.1, 0.15) is 42.5 Å². The number of anilines is 2. The van der Waals surface area contributed by atoms with Crippen molar-refractivity contribution in [2.24, 2.45) is 0 Å². The third-order valence-corrected chi connectivity index (χ3v) is 5.20. The van der Waals surface area contributed by atoms with Gasteiger partial charge in [-0.25, -0.2) is 0 Å². The molecule has 0 saturated carbocycles. The molecule has 1 fully saturated rings. The van der Waals surface area contributed by atoms with Gasteiger partial charge in [-0.3, -0.25) is 0 Å². The van der Waals surface area contributed by atoms with Gasteiger partial charge in [0, 0.05) is 24.5 Å². The van der Waals surface area contributed by atoms with Crippen LogP contribution in [0.5, 0.6) is 0 Å². The van der Waals surface area contributed by atoms with E-state index in [1.807, 2.05) is 0 Å². The number of nitrogens with one attached hydrogen (secondary N) is 2. The first kappa shape index (κ1) is 17.7. The van der Waals surface area contributed by atoms with Crippen LogP contribution in [0.25, 0.3) is 0 Å². The molecule has 0 amide bonds. The van der Waals surface area contributed by atoms with Crippen molar-refractivity contribution in [1.29, 1.82) is 0 Å². The summed E-state index contributed by atoms with van der Waals surface area (Å²) in [5, 5.41) is 7.31. The van der Waals surface area contributed by atoms with E-state index in [4.69, 9.17) is 12.2 Å². The summed E-state index contributed by atoms with van der Waals surface area (Å²) >= 11 is 5.47. The minimum absolute atomic E-state index is 0.166. The Labute approximate surface area is 156 Å². The maximum atomic E-state index is 5.47. The van der Waals surface area contributed by atoms with Gasteiger partial charge >= 0.3 is 0 Å². The van der Waals surface area contributed by atoms with Crippen molar-refractivity contribution in [2.75, 3.05) is 23.3 Å². The maximum absolute atomic E-state index is 5.47. The molecule has 2 aromatic rings. The Bertz CT molecular complexity index is 733. The van der Waals surface area contributed by atoms with Crippen molar-refractivity contribution in [3.8, 4) is 0 Å². The number of aryl methyl sites for hydroxylation is 2. The van der Waals surface area contributed by atoms with Gasteiger partial charge in [0.2, 0.25) is 0 Å². The quantitative estimate of drug-likeness (QED) is 0.761. The lowest BCUT2D eigenvalue weighted by molar-refractivity contribution is 0.722. The molecule has 0 aliphatic carbocycles. The van der Waals surface area contributed by atoms with E-state index in [0.717, 1.165) is 5.69 Å². The minimum Gasteiger partial charge on any atom is -0.372 e. The molecule has 1 unspecified atom stereocenters. The van der Waals surface area contributed by atoms with Crippen molar-refractivity contribution in [3.05, 3.63) is 59.2 Å². The number of hydrogen-bond acceptors (Lipinski definition) is 2. The van der Waals surface area contributed by atoms with Crippen LogP contribution in [0, 0.1) is 13.8 Å². The lowest BCUT2D eigenvalue weighted by Gasteiger charge is -2.20. The standard InChI is InChI=1S/C21H27N3S/c1-15-6-9-19(14-16(15)2)23-21(25)22-17(3)18-7-10-20(11-8-18)24-12-4-5-13-24/h6-11,14,17H,4-5,12-13H2,1-3H3,(H2,22,23,25). The Kier molecular flexibility index (Phi) is 5.59. The van der Waals surface area contributed by atoms with E-state index in [1.165, 1.54) is 48.3 Å². The van der Waals surface area contributed by atoms with Gasteiger partial charge in [0.05, 0.1) is 6.04 Å². The molecule has 2 aromatic carbocycles. The minimum atomic E-state index is 0.166. The first-order valence-electron chi connectivity index (χ1n) is 9.02. The molecule has 4 heteroatoms. The van der Waals surface area contributed by atoms with E-state index in [9.17, 15) is 0 Å². The highest BCUT2D eigenvalue weighted by atomic mass is 32.1. The molecule has 1 atom stereocenters. The van der Waals surface area contributed by atoms with Crippen LogP contribution in [0.3, 0.4) is 0 Å². The fourth-order valence-electron chi connectivity index (χ4n) is 3.22. The van der Waals surface area contributed by atoms with E-state index in [2.05, 4.69) is 78.8 Å². The fraction of sp³-hybridized carbons (Fsp3) is 0.381. The lowest BCUT2D eigenvalue weighted by atomic mass is 10.1. The highest BCUT2D eigenvalue weighted by Gasteiger charge is 2.13. The molecule has 0 bridgehead atoms. The first-order chi connectivity index (χ1) is 12.0. The second-order valence-corrected chi connectivity index (χ2v) is 7.31. The van der Waals surface area contributed by atoms with Crippen LogP contribution in [-0.2, 0) is 0 Å². The number of benzene rings is 2. The molecule has 0 spiro atoms. The van der Waals surface area contributed by atoms with Crippen LogP contribution in [-0.4, -0.2) is 18.2 Å². The van der Waals surface area contributed by atoms with Crippen LogP contribution in [0.2, 0.25) is 0 Å². The molecule has 3 nitrogen and oxygen atoms in total. The molecule has 0 radical (unpaired) electrons. The molecular formula is C21H27N3S. The van der Waals surface area contributed by atoms with E-state index in [-0.39, 0.29) is 6.04 Å². The van der Waals surface area contributed by atoms with Crippen molar-refractivity contribution in [3.63, 3.8) is 0 Å². The predicted octanol–water partition coefficient (Wildman–Crippen LogP) is 4.95. The Morgan fingerprint density at radius 2 is 1.68 bits per heavy atom. The van der Waals surface area contributed by atoms with E-state index < -0.39 is 0 Å². The van der Waals surface area contributed by atoms with Gasteiger partial charge < -0.3 is 15.5 Å². The highest BCUT2D eigenvalue weighted by molar-refractivity contribution is 7.80. The lowest BCUT2D eigenvalue weighted by Crippen LogP contribution is -2.31. The van der Waals surface area contributed by atoms with Crippen LogP contribution in [0.4, 0.5) is 11.4 Å². The van der Waals surface area contributed by atoms with Gasteiger partial charge in [0.15, 0.2) is 5.11 Å². The first-order valence-corrected chi connectivity index (χ1v) is 9.43. The largest absolute Gasteiger partial charge is 0.372 e. The zero-order valence-electron chi connectivity index (χ0n) is 15.3. The molecule has 25 heavy (non-hydrogen) atoms. The smallest absolute Gasteiger partial charge is 0.171 e. The maximum Gasteiger partial charge on any atom is 0.171 e. The molecular weight excluding hydrogens is 326 g/mol. The Morgan fingerprint density at radius 1 is 1.00 bits per heavy atom. The van der Waals surface area contributed by atoms with Gasteiger partial charge in [-0.2, -0.15) is 0 Å². The van der Waals surface area contributed by atoms with Crippen LogP contribution >= 0.6 is 12.2 Å². The summed E-state index contributed by atoms with van der Waals surface area (Å²) in [7, 11) is 0. The zero-order chi connectivity index (χ0) is 17.8. The molecule has 1 aliphatic heterocycles. The van der Waals surface area contributed by atoms with Crippen LogP contribution in [0.15, 0.2) is 42.5 Å². The van der Waals surface area contributed by atoms with E-state index in [0.29, 0.717) is 5.11 Å². The van der Waals surface area contributed by atoms with Crippen molar-refractivity contribution < 1.29 is 0 Å². The predicted molar refractivity (Wildman–Crippen MR) is 112 cm³/mol. The third-order valence-electron chi connectivity index (χ3n) is 4.98. The van der Waals surface area contributed by atoms with Crippen molar-refractivity contribution in [2.45, 2.75) is 39.7 Å². The highest BCUT2D eigenvalue weighted by Crippen LogP contribution is 2.23. The average Bonchev–Trinajstić information content (AvgIpc) is 3.13. The number of hydrogen-bond donors (Lipinski definition) is 2. The summed E-state index contributed by atoms with van der Waals surface area (Å²) in [6.45, 7) is 8.72. The summed E-state index contributed by atoms with van der Waals surface area (Å²) in [4.78, 5) is 2.45. The third kappa shape index (κ3) is 4.51. The zero-order valence-corrected chi connectivity index (χ0v) is 16.1. The summed E-state index contributed by atoms with van der Waals surface area (Å²) < 4.78 is 0.